The van der Waals surface area contributed by atoms with Gasteiger partial charge in [-0.25, -0.2) is 0 Å². The number of nitrogens with zero attached hydrogens (tertiary/aromatic N) is 3. The zero-order valence-electron chi connectivity index (χ0n) is 12.9. The molecule has 0 saturated heterocycles. The van der Waals surface area contributed by atoms with Crippen molar-refractivity contribution in [1.82, 2.24) is 4.90 Å². The molecule has 0 heterocycles. The molecule has 1 aromatic carbocycles. The largest absolute Gasteiger partial charge is 0.505 e. The third-order valence-electron chi connectivity index (χ3n) is 3.09. The molecular weight excluding hydrogens is 294 g/mol. The number of carbonyl (C=O) groups is 2. The predicted octanol–water partition coefficient (Wildman–Crippen LogP) is 2.99. The number of hydrogen-bond donors (Lipinski definition) is 1. The van der Waals surface area contributed by atoms with Gasteiger partial charge in [-0.3, -0.25) is 14.5 Å². The van der Waals surface area contributed by atoms with Crippen molar-refractivity contribution in [2.45, 2.75) is 32.7 Å². The van der Waals surface area contributed by atoms with Crippen LogP contribution in [0, 0.1) is 17.7 Å². The highest BCUT2D eigenvalue weighted by molar-refractivity contribution is 6.05. The van der Waals surface area contributed by atoms with Crippen molar-refractivity contribution in [3.63, 3.8) is 0 Å². The molecule has 1 rings (SSSR count). The number of unbranched alkanes of at least 4 members (excludes halogenated alkanes) is 1. The first kappa shape index (κ1) is 17.9. The van der Waals surface area contributed by atoms with E-state index in [1.807, 2.05) is 6.07 Å². The molecule has 0 radical (unpaired) electrons. The topological polar surface area (TPSA) is 85.8 Å². The molecule has 118 valence electrons. The average molecular weight is 312 g/mol. The molecule has 0 aliphatic rings. The highest BCUT2D eigenvalue weighted by Crippen LogP contribution is 2.14. The minimum absolute atomic E-state index is 0.0147. The molecular formula is C17H18N3O3+. The number of hydrogen-bond acceptors (Lipinski definition) is 4. The summed E-state index contributed by atoms with van der Waals surface area (Å²) < 4.78 is 0. The number of diazo groups is 1. The van der Waals surface area contributed by atoms with Crippen LogP contribution in [-0.2, 0) is 16.1 Å². The highest BCUT2D eigenvalue weighted by Gasteiger charge is 2.35. The van der Waals surface area contributed by atoms with Crippen LogP contribution in [0.25, 0.3) is 4.98 Å². The van der Waals surface area contributed by atoms with Crippen molar-refractivity contribution in [3.8, 4) is 12.3 Å². The Morgan fingerprint density at radius 3 is 2.52 bits per heavy atom. The second-order valence-corrected chi connectivity index (χ2v) is 4.86. The molecule has 6 heteroatoms. The minimum Gasteiger partial charge on any atom is -0.505 e. The highest BCUT2D eigenvalue weighted by atomic mass is 16.3. The first-order valence-electron chi connectivity index (χ1n) is 7.08. The molecule has 0 spiro atoms. The number of imide groups is 1. The zero-order chi connectivity index (χ0) is 17.2. The van der Waals surface area contributed by atoms with Gasteiger partial charge < -0.3 is 5.11 Å². The van der Waals surface area contributed by atoms with Gasteiger partial charge in [0.2, 0.25) is 11.3 Å². The van der Waals surface area contributed by atoms with Crippen molar-refractivity contribution in [2.24, 2.45) is 0 Å². The van der Waals surface area contributed by atoms with E-state index in [-0.39, 0.29) is 13.0 Å². The number of allylic oxidation sites excluding steroid dienone is 1. The average Bonchev–Trinajstić information content (AvgIpc) is 2.53. The predicted molar refractivity (Wildman–Crippen MR) is 85.1 cm³/mol. The summed E-state index contributed by atoms with van der Waals surface area (Å²) in [5.74, 6) is 0.657. The number of benzene rings is 1. The van der Waals surface area contributed by atoms with E-state index in [0.717, 1.165) is 10.5 Å². The van der Waals surface area contributed by atoms with Crippen LogP contribution in [0.1, 0.15) is 31.7 Å². The molecule has 23 heavy (non-hydrogen) atoms. The van der Waals surface area contributed by atoms with E-state index in [0.29, 0.717) is 12.8 Å². The van der Waals surface area contributed by atoms with Gasteiger partial charge in [-0.1, -0.05) is 30.3 Å². The second kappa shape index (κ2) is 9.01. The lowest BCUT2D eigenvalue weighted by molar-refractivity contribution is -0.143. The summed E-state index contributed by atoms with van der Waals surface area (Å²) >= 11 is 0. The summed E-state index contributed by atoms with van der Waals surface area (Å²) in [5.41, 5.74) is 0.172. The Morgan fingerprint density at radius 2 is 2.00 bits per heavy atom. The molecule has 0 fully saturated rings. The Labute approximate surface area is 135 Å². The van der Waals surface area contributed by atoms with E-state index in [9.17, 15) is 14.7 Å². The smallest absolute Gasteiger partial charge is 0.485 e. The lowest BCUT2D eigenvalue weighted by atomic mass is 10.1. The summed E-state index contributed by atoms with van der Waals surface area (Å²) in [6.07, 6.45) is 6.11. The molecule has 0 bridgehead atoms. The van der Waals surface area contributed by atoms with E-state index in [1.165, 1.54) is 6.92 Å². The lowest BCUT2D eigenvalue weighted by Gasteiger charge is -2.18. The van der Waals surface area contributed by atoms with Gasteiger partial charge in [0.15, 0.2) is 10.7 Å². The fraction of sp³-hybridized carbons (Fsp3) is 0.294. The van der Waals surface area contributed by atoms with Crippen LogP contribution in [0.4, 0.5) is 0 Å². The van der Waals surface area contributed by atoms with Gasteiger partial charge in [-0.05, 0) is 12.0 Å². The van der Waals surface area contributed by atoms with E-state index in [2.05, 4.69) is 10.9 Å². The van der Waals surface area contributed by atoms with Crippen LogP contribution in [0.15, 0.2) is 41.8 Å². The molecule has 0 aliphatic heterocycles. The molecule has 1 aromatic rings. The third-order valence-corrected chi connectivity index (χ3v) is 3.09. The Bertz CT molecular complexity index is 677. The van der Waals surface area contributed by atoms with Crippen molar-refractivity contribution in [2.75, 3.05) is 0 Å². The van der Waals surface area contributed by atoms with E-state index in [4.69, 9.17) is 11.8 Å². The summed E-state index contributed by atoms with van der Waals surface area (Å²) in [4.78, 5) is 28.4. The van der Waals surface area contributed by atoms with E-state index >= 15 is 0 Å². The number of rotatable bonds is 6. The van der Waals surface area contributed by atoms with Crippen LogP contribution in [0.5, 0.6) is 0 Å². The quantitative estimate of drug-likeness (QED) is 0.288. The molecule has 1 N–H and O–H groups in total. The van der Waals surface area contributed by atoms with Crippen molar-refractivity contribution < 1.29 is 14.7 Å². The number of terminal acetylenes is 1. The van der Waals surface area contributed by atoms with Gasteiger partial charge in [-0.2, -0.15) is 0 Å². The van der Waals surface area contributed by atoms with Crippen molar-refractivity contribution >= 4 is 11.8 Å². The molecule has 0 atom stereocenters. The fourth-order valence-corrected chi connectivity index (χ4v) is 1.91. The molecule has 6 nitrogen and oxygen atoms in total. The minimum atomic E-state index is -0.859. The van der Waals surface area contributed by atoms with Gasteiger partial charge in [0.05, 0.1) is 6.54 Å². The first-order valence-corrected chi connectivity index (χ1v) is 7.08. The molecule has 0 saturated carbocycles. The first-order chi connectivity index (χ1) is 11.0. The van der Waals surface area contributed by atoms with Crippen molar-refractivity contribution in [1.29, 1.82) is 5.39 Å². The summed E-state index contributed by atoms with van der Waals surface area (Å²) in [5, 5.41) is 18.3. The van der Waals surface area contributed by atoms with Gasteiger partial charge in [0.1, 0.15) is 0 Å². The summed E-state index contributed by atoms with van der Waals surface area (Å²) in [6.45, 7) is 1.22. The molecule has 0 aromatic heterocycles. The summed E-state index contributed by atoms with van der Waals surface area (Å²) in [6, 6.07) is 8.91. The summed E-state index contributed by atoms with van der Waals surface area (Å²) in [7, 11) is 0. The van der Waals surface area contributed by atoms with Crippen LogP contribution in [0.3, 0.4) is 0 Å². The Morgan fingerprint density at radius 1 is 1.35 bits per heavy atom. The van der Waals surface area contributed by atoms with Crippen LogP contribution >= 0.6 is 0 Å². The third kappa shape index (κ3) is 5.29. The monoisotopic (exact) mass is 312 g/mol. The number of aliphatic hydroxyl groups excluding tert-OH is 1. The normalized spacial score (nSPS) is 10.9. The van der Waals surface area contributed by atoms with Crippen LogP contribution in [-0.4, -0.2) is 21.8 Å². The Kier molecular flexibility index (Phi) is 7.03. The van der Waals surface area contributed by atoms with Gasteiger partial charge in [-0.15, -0.1) is 12.3 Å². The second-order valence-electron chi connectivity index (χ2n) is 4.86. The number of amides is 2. The van der Waals surface area contributed by atoms with Crippen molar-refractivity contribution in [3.05, 3.63) is 52.3 Å². The van der Waals surface area contributed by atoms with Gasteiger partial charge in [0, 0.05) is 19.8 Å². The van der Waals surface area contributed by atoms with Crippen LogP contribution in [0.2, 0.25) is 0 Å². The number of carbonyl (C=O) groups excluding carboxylic acids is 2. The lowest BCUT2D eigenvalue weighted by Crippen LogP contribution is -2.37. The fourth-order valence-electron chi connectivity index (χ4n) is 1.91. The van der Waals surface area contributed by atoms with Gasteiger partial charge >= 0.3 is 11.6 Å². The maximum Gasteiger partial charge on any atom is 0.485 e. The Balaban J connectivity index is 3.04. The van der Waals surface area contributed by atoms with Gasteiger partial charge in [0.25, 0.3) is 0 Å². The SMILES string of the molecule is C#CCCCC(=O)N(Cc1ccccc1)C(=O)/C([N+]#N)=C(/C)O. The maximum absolute atomic E-state index is 12.4. The van der Waals surface area contributed by atoms with E-state index < -0.39 is 23.3 Å². The standard InChI is InChI=1S/C17H17N3O3/c1-3-4-6-11-15(22)20(12-14-9-7-5-8-10-14)17(23)16(19-18)13(2)21/h1,5,7-10H,4,6,11-12H2,2H3/p+1. The molecule has 0 unspecified atom stereocenters. The molecule has 0 aliphatic carbocycles. The van der Waals surface area contributed by atoms with E-state index in [1.54, 1.807) is 24.3 Å². The maximum atomic E-state index is 12.4. The Hall–Kier alpha value is -3.12. The van der Waals surface area contributed by atoms with Crippen LogP contribution < -0.4 is 0 Å². The number of aliphatic hydroxyl groups is 1. The zero-order valence-corrected chi connectivity index (χ0v) is 12.9. The molecule has 2 amide bonds.